The number of anilines is 2. The summed E-state index contributed by atoms with van der Waals surface area (Å²) in [4.78, 5) is 40.6. The predicted molar refractivity (Wildman–Crippen MR) is 98.8 cm³/mol. The molecule has 26 heavy (non-hydrogen) atoms. The number of benzene rings is 1. The van der Waals surface area contributed by atoms with Crippen LogP contribution in [0.1, 0.15) is 31.1 Å². The molecule has 0 fully saturated rings. The zero-order valence-electron chi connectivity index (χ0n) is 15.0. The van der Waals surface area contributed by atoms with E-state index in [1.807, 2.05) is 20.8 Å². The summed E-state index contributed by atoms with van der Waals surface area (Å²) in [5, 5.41) is 2.75. The van der Waals surface area contributed by atoms with Crippen LogP contribution in [0.5, 0.6) is 5.75 Å². The van der Waals surface area contributed by atoms with E-state index in [9.17, 15) is 14.4 Å². The molecule has 136 valence electrons. The van der Waals surface area contributed by atoms with Crippen molar-refractivity contribution in [3.05, 3.63) is 52.4 Å². The van der Waals surface area contributed by atoms with E-state index in [-0.39, 0.29) is 17.0 Å². The Morgan fingerprint density at radius 3 is 2.65 bits per heavy atom. The van der Waals surface area contributed by atoms with Gasteiger partial charge in [0.1, 0.15) is 12.4 Å². The summed E-state index contributed by atoms with van der Waals surface area (Å²) in [5.74, 6) is 0.185. The molecular formula is C19H21N3O4. The molecule has 1 aliphatic rings. The third-order valence-corrected chi connectivity index (χ3v) is 4.00. The SMILES string of the molecule is CC(C)(C)C(=O)N1CCOc2ccc(NC(=O)c3cc[nH]c(=O)c3)cc21. The lowest BCUT2D eigenvalue weighted by molar-refractivity contribution is -0.126. The number of amides is 2. The molecule has 1 aliphatic heterocycles. The van der Waals surface area contributed by atoms with Gasteiger partial charge in [0.2, 0.25) is 11.5 Å². The van der Waals surface area contributed by atoms with Crippen LogP contribution in [0.2, 0.25) is 0 Å². The number of aromatic amines is 1. The number of nitrogens with one attached hydrogen (secondary N) is 2. The molecule has 0 radical (unpaired) electrons. The number of carbonyl (C=O) groups is 2. The highest BCUT2D eigenvalue weighted by atomic mass is 16.5. The van der Waals surface area contributed by atoms with Gasteiger partial charge in [-0.25, -0.2) is 0 Å². The Kier molecular flexibility index (Phi) is 4.54. The third kappa shape index (κ3) is 3.61. The molecule has 2 N–H and O–H groups in total. The average molecular weight is 355 g/mol. The zero-order valence-corrected chi connectivity index (χ0v) is 15.0. The summed E-state index contributed by atoms with van der Waals surface area (Å²) >= 11 is 0. The molecule has 3 rings (SSSR count). The molecule has 2 aromatic rings. The monoisotopic (exact) mass is 355 g/mol. The minimum atomic E-state index is -0.529. The van der Waals surface area contributed by atoms with E-state index < -0.39 is 11.3 Å². The maximum atomic E-state index is 12.7. The van der Waals surface area contributed by atoms with E-state index in [1.54, 1.807) is 23.1 Å². The summed E-state index contributed by atoms with van der Waals surface area (Å²) in [7, 11) is 0. The van der Waals surface area contributed by atoms with E-state index in [0.717, 1.165) is 0 Å². The molecule has 0 spiro atoms. The van der Waals surface area contributed by atoms with Crippen molar-refractivity contribution in [2.75, 3.05) is 23.4 Å². The lowest BCUT2D eigenvalue weighted by Gasteiger charge is -2.34. The van der Waals surface area contributed by atoms with E-state index in [1.165, 1.54) is 18.3 Å². The Bertz CT molecular complexity index is 911. The minimum Gasteiger partial charge on any atom is -0.490 e. The second-order valence-electron chi connectivity index (χ2n) is 7.13. The largest absolute Gasteiger partial charge is 0.490 e. The number of ether oxygens (including phenoxy) is 1. The van der Waals surface area contributed by atoms with Crippen LogP contribution in [0, 0.1) is 5.41 Å². The van der Waals surface area contributed by atoms with Gasteiger partial charge in [0.05, 0.1) is 12.2 Å². The van der Waals surface area contributed by atoms with E-state index in [4.69, 9.17) is 4.74 Å². The van der Waals surface area contributed by atoms with Crippen LogP contribution in [0.25, 0.3) is 0 Å². The van der Waals surface area contributed by atoms with Gasteiger partial charge >= 0.3 is 0 Å². The molecule has 0 saturated carbocycles. The quantitative estimate of drug-likeness (QED) is 0.865. The molecule has 7 heteroatoms. The number of hydrogen-bond acceptors (Lipinski definition) is 4. The highest BCUT2D eigenvalue weighted by Gasteiger charge is 2.32. The zero-order chi connectivity index (χ0) is 18.9. The second-order valence-corrected chi connectivity index (χ2v) is 7.13. The maximum Gasteiger partial charge on any atom is 0.255 e. The van der Waals surface area contributed by atoms with Crippen molar-refractivity contribution in [1.29, 1.82) is 0 Å². The molecule has 7 nitrogen and oxygen atoms in total. The van der Waals surface area contributed by atoms with Gasteiger partial charge < -0.3 is 19.9 Å². The maximum absolute atomic E-state index is 12.7. The molecule has 1 aromatic heterocycles. The molecule has 2 amide bonds. The van der Waals surface area contributed by atoms with Gasteiger partial charge in [-0.15, -0.1) is 0 Å². The van der Waals surface area contributed by atoms with Gasteiger partial charge in [0.25, 0.3) is 5.91 Å². The summed E-state index contributed by atoms with van der Waals surface area (Å²) in [6.45, 7) is 6.47. The van der Waals surface area contributed by atoms with Gasteiger partial charge in [-0.05, 0) is 24.3 Å². The third-order valence-electron chi connectivity index (χ3n) is 4.00. The number of hydrogen-bond donors (Lipinski definition) is 2. The van der Waals surface area contributed by atoms with Crippen LogP contribution in [0.3, 0.4) is 0 Å². The number of carbonyl (C=O) groups excluding carboxylic acids is 2. The van der Waals surface area contributed by atoms with Crippen LogP contribution in [-0.4, -0.2) is 29.9 Å². The predicted octanol–water partition coefficient (Wildman–Crippen LogP) is 2.40. The number of aromatic nitrogens is 1. The van der Waals surface area contributed by atoms with Crippen LogP contribution < -0.4 is 20.5 Å². The molecule has 0 bridgehead atoms. The Hall–Kier alpha value is -3.09. The normalized spacial score (nSPS) is 13.6. The average Bonchev–Trinajstić information content (AvgIpc) is 2.59. The molecule has 0 unspecified atom stereocenters. The van der Waals surface area contributed by atoms with E-state index in [0.29, 0.717) is 30.3 Å². The molecule has 1 aromatic carbocycles. The van der Waals surface area contributed by atoms with Crippen LogP contribution in [0.15, 0.2) is 41.3 Å². The van der Waals surface area contributed by atoms with Gasteiger partial charge in [-0.2, -0.15) is 0 Å². The highest BCUT2D eigenvalue weighted by Crippen LogP contribution is 2.36. The number of H-pyrrole nitrogens is 1. The summed E-state index contributed by atoms with van der Waals surface area (Å²) in [6.07, 6.45) is 1.42. The first-order valence-corrected chi connectivity index (χ1v) is 8.34. The molecular weight excluding hydrogens is 334 g/mol. The van der Waals surface area contributed by atoms with Crippen molar-refractivity contribution >= 4 is 23.2 Å². The molecule has 2 heterocycles. The smallest absolute Gasteiger partial charge is 0.255 e. The Morgan fingerprint density at radius 1 is 1.19 bits per heavy atom. The number of fused-ring (bicyclic) bond motifs is 1. The number of pyridine rings is 1. The molecule has 0 saturated heterocycles. The van der Waals surface area contributed by atoms with Gasteiger partial charge in [-0.3, -0.25) is 14.4 Å². The van der Waals surface area contributed by atoms with Crippen molar-refractivity contribution < 1.29 is 14.3 Å². The van der Waals surface area contributed by atoms with E-state index in [2.05, 4.69) is 10.3 Å². The van der Waals surface area contributed by atoms with Crippen molar-refractivity contribution in [1.82, 2.24) is 4.98 Å². The van der Waals surface area contributed by atoms with Crippen molar-refractivity contribution in [3.8, 4) is 5.75 Å². The van der Waals surface area contributed by atoms with Crippen molar-refractivity contribution in [2.45, 2.75) is 20.8 Å². The fourth-order valence-electron chi connectivity index (χ4n) is 2.70. The first-order chi connectivity index (χ1) is 12.3. The first-order valence-electron chi connectivity index (χ1n) is 8.34. The van der Waals surface area contributed by atoms with Gasteiger partial charge in [-0.1, -0.05) is 20.8 Å². The lowest BCUT2D eigenvalue weighted by Crippen LogP contribution is -2.44. The van der Waals surface area contributed by atoms with Gasteiger partial charge in [0.15, 0.2) is 0 Å². The number of rotatable bonds is 2. The van der Waals surface area contributed by atoms with Crippen LogP contribution in [-0.2, 0) is 4.79 Å². The summed E-state index contributed by atoms with van der Waals surface area (Å²) < 4.78 is 5.62. The highest BCUT2D eigenvalue weighted by molar-refractivity contribution is 6.05. The summed E-state index contributed by atoms with van der Waals surface area (Å²) in [5.41, 5.74) is 0.522. The van der Waals surface area contributed by atoms with E-state index >= 15 is 0 Å². The second kappa shape index (κ2) is 6.67. The van der Waals surface area contributed by atoms with Crippen LogP contribution in [0.4, 0.5) is 11.4 Å². The fraction of sp³-hybridized carbons (Fsp3) is 0.316. The Balaban J connectivity index is 1.88. The Morgan fingerprint density at radius 2 is 1.96 bits per heavy atom. The molecule has 0 aliphatic carbocycles. The summed E-state index contributed by atoms with van der Waals surface area (Å²) in [6, 6.07) is 7.89. The van der Waals surface area contributed by atoms with Gasteiger partial charge in [0, 0.05) is 28.9 Å². The van der Waals surface area contributed by atoms with Crippen molar-refractivity contribution in [3.63, 3.8) is 0 Å². The van der Waals surface area contributed by atoms with Crippen LogP contribution >= 0.6 is 0 Å². The molecule has 0 atom stereocenters. The fourth-order valence-corrected chi connectivity index (χ4v) is 2.70. The Labute approximate surface area is 151 Å². The lowest BCUT2D eigenvalue weighted by atomic mass is 9.94. The minimum absolute atomic E-state index is 0.0138. The van der Waals surface area contributed by atoms with Crippen molar-refractivity contribution in [2.24, 2.45) is 5.41 Å². The standard InChI is InChI=1S/C19H21N3O4/c1-19(2,3)18(25)22-8-9-26-15-5-4-13(11-14(15)22)21-17(24)12-6-7-20-16(23)10-12/h4-7,10-11H,8-9H2,1-3H3,(H,20,23)(H,21,24). The first kappa shape index (κ1) is 17.7. The topological polar surface area (TPSA) is 91.5 Å². The number of nitrogens with zero attached hydrogens (tertiary/aromatic N) is 1.